The van der Waals surface area contributed by atoms with Crippen molar-refractivity contribution in [2.24, 2.45) is 0 Å². The lowest BCUT2D eigenvalue weighted by Crippen LogP contribution is -2.00. The van der Waals surface area contributed by atoms with Crippen molar-refractivity contribution in [1.82, 2.24) is 9.97 Å². The Morgan fingerprint density at radius 1 is 0.875 bits per heavy atom. The van der Waals surface area contributed by atoms with Crippen LogP contribution in [0.1, 0.15) is 42.4 Å². The van der Waals surface area contributed by atoms with Crippen LogP contribution in [0.5, 0.6) is 0 Å². The maximum absolute atomic E-state index is 12.8. The zero-order chi connectivity index (χ0) is 17.5. The molecule has 3 aromatic rings. The number of halogens is 2. The fourth-order valence-corrected chi connectivity index (χ4v) is 2.28. The molecule has 5 heteroatoms. The van der Waals surface area contributed by atoms with Crippen LogP contribution in [0.2, 0.25) is 0 Å². The molecule has 2 aromatic carbocycles. The highest BCUT2D eigenvalue weighted by Gasteiger charge is 2.08. The van der Waals surface area contributed by atoms with Crippen LogP contribution in [0.3, 0.4) is 0 Å². The first-order chi connectivity index (χ1) is 11.5. The van der Waals surface area contributed by atoms with E-state index in [4.69, 9.17) is 0 Å². The normalized spacial score (nSPS) is 10.6. The molecular weight excluding hydrogens is 305 g/mol. The third-order valence-corrected chi connectivity index (χ3v) is 3.88. The van der Waals surface area contributed by atoms with Gasteiger partial charge >= 0.3 is 0 Å². The standard InChI is InChI=1S/C13H11BF2.C6H10N2/c14-13(9-1-5-11(15)6-2-9)10-3-7-12(16)8-4-10;1-5(2)6-3-7-4-8-6/h1-8,13H,14H2;3-5H,1-2H3,(H,7,8). The fourth-order valence-electron chi connectivity index (χ4n) is 2.28. The summed E-state index contributed by atoms with van der Waals surface area (Å²) in [5, 5.41) is 0. The van der Waals surface area contributed by atoms with Gasteiger partial charge in [-0.2, -0.15) is 0 Å². The predicted octanol–water partition coefficient (Wildman–Crippen LogP) is 4.22. The van der Waals surface area contributed by atoms with Crippen molar-refractivity contribution < 1.29 is 8.78 Å². The molecule has 0 fully saturated rings. The van der Waals surface area contributed by atoms with Crippen molar-refractivity contribution in [1.29, 1.82) is 0 Å². The average molecular weight is 326 g/mol. The van der Waals surface area contributed by atoms with E-state index in [0.29, 0.717) is 5.92 Å². The summed E-state index contributed by atoms with van der Waals surface area (Å²) in [6, 6.07) is 12.8. The Hall–Kier alpha value is -2.43. The van der Waals surface area contributed by atoms with Crippen LogP contribution in [-0.2, 0) is 0 Å². The van der Waals surface area contributed by atoms with E-state index in [1.807, 2.05) is 14.0 Å². The Morgan fingerprint density at radius 2 is 1.33 bits per heavy atom. The number of aromatic nitrogens is 2. The number of hydrogen-bond donors (Lipinski definition) is 1. The molecule has 0 aliphatic rings. The minimum absolute atomic E-state index is 0.140. The van der Waals surface area contributed by atoms with Gasteiger partial charge in [-0.25, -0.2) is 13.8 Å². The topological polar surface area (TPSA) is 28.7 Å². The van der Waals surface area contributed by atoms with E-state index in [9.17, 15) is 8.78 Å². The average Bonchev–Trinajstić information content (AvgIpc) is 3.11. The monoisotopic (exact) mass is 326 g/mol. The summed E-state index contributed by atoms with van der Waals surface area (Å²) in [6.45, 7) is 4.26. The van der Waals surface area contributed by atoms with Gasteiger partial charge in [0.2, 0.25) is 0 Å². The maximum Gasteiger partial charge on any atom is 0.123 e. The Morgan fingerprint density at radius 3 is 1.62 bits per heavy atom. The van der Waals surface area contributed by atoms with Gasteiger partial charge in [-0.15, -0.1) is 0 Å². The number of rotatable bonds is 3. The Labute approximate surface area is 142 Å². The smallest absolute Gasteiger partial charge is 0.123 e. The second-order valence-corrected chi connectivity index (χ2v) is 5.99. The maximum atomic E-state index is 12.8. The summed E-state index contributed by atoms with van der Waals surface area (Å²) in [7, 11) is 2.01. The predicted molar refractivity (Wildman–Crippen MR) is 95.9 cm³/mol. The molecular formula is C19H21BF2N2. The summed E-state index contributed by atoms with van der Waals surface area (Å²) >= 11 is 0. The molecule has 0 saturated heterocycles. The van der Waals surface area contributed by atoms with Crippen LogP contribution in [0.4, 0.5) is 8.78 Å². The van der Waals surface area contributed by atoms with Crippen molar-refractivity contribution in [2.75, 3.05) is 0 Å². The van der Waals surface area contributed by atoms with Crippen LogP contribution >= 0.6 is 0 Å². The van der Waals surface area contributed by atoms with Gasteiger partial charge in [-0.1, -0.05) is 38.1 Å². The van der Waals surface area contributed by atoms with Crippen molar-refractivity contribution in [3.8, 4) is 0 Å². The molecule has 1 aromatic heterocycles. The van der Waals surface area contributed by atoms with E-state index >= 15 is 0 Å². The third-order valence-electron chi connectivity index (χ3n) is 3.88. The second kappa shape index (κ2) is 8.43. The molecule has 24 heavy (non-hydrogen) atoms. The van der Waals surface area contributed by atoms with E-state index in [1.165, 1.54) is 30.0 Å². The molecule has 0 radical (unpaired) electrons. The molecule has 124 valence electrons. The van der Waals surface area contributed by atoms with Crippen LogP contribution in [0.25, 0.3) is 0 Å². The minimum Gasteiger partial charge on any atom is -0.348 e. The first-order valence-corrected chi connectivity index (χ1v) is 7.96. The zero-order valence-corrected chi connectivity index (χ0v) is 14.1. The quantitative estimate of drug-likeness (QED) is 0.717. The van der Waals surface area contributed by atoms with E-state index in [-0.39, 0.29) is 17.5 Å². The molecule has 0 atom stereocenters. The largest absolute Gasteiger partial charge is 0.348 e. The Kier molecular flexibility index (Phi) is 6.30. The molecule has 0 unspecified atom stereocenters. The molecule has 0 amide bonds. The molecule has 0 aliphatic heterocycles. The number of imidazole rings is 1. The summed E-state index contributed by atoms with van der Waals surface area (Å²) in [4.78, 5) is 6.91. The highest BCUT2D eigenvalue weighted by molar-refractivity contribution is 6.14. The highest BCUT2D eigenvalue weighted by atomic mass is 19.1. The fraction of sp³-hybridized carbons (Fsp3) is 0.211. The molecule has 0 saturated carbocycles. The molecule has 1 heterocycles. The number of nitrogens with zero attached hydrogens (tertiary/aromatic N) is 1. The molecule has 2 nitrogen and oxygen atoms in total. The van der Waals surface area contributed by atoms with Crippen molar-refractivity contribution >= 4 is 7.85 Å². The van der Waals surface area contributed by atoms with Crippen LogP contribution in [-0.4, -0.2) is 17.8 Å². The SMILES string of the molecule is BC(c1ccc(F)cc1)c1ccc(F)cc1.CC(C)c1cnc[nH]1. The molecule has 0 bridgehead atoms. The van der Waals surface area contributed by atoms with Gasteiger partial charge in [0.15, 0.2) is 0 Å². The lowest BCUT2D eigenvalue weighted by molar-refractivity contribution is 0.626. The molecule has 0 aliphatic carbocycles. The Bertz CT molecular complexity index is 678. The first-order valence-electron chi connectivity index (χ1n) is 7.96. The number of nitrogens with one attached hydrogen (secondary N) is 1. The molecule has 1 N–H and O–H groups in total. The minimum atomic E-state index is -0.241. The second-order valence-electron chi connectivity index (χ2n) is 5.99. The van der Waals surface area contributed by atoms with Gasteiger partial charge in [-0.05, 0) is 47.1 Å². The van der Waals surface area contributed by atoms with Crippen molar-refractivity contribution in [3.63, 3.8) is 0 Å². The summed E-state index contributed by atoms with van der Waals surface area (Å²) < 4.78 is 25.5. The van der Waals surface area contributed by atoms with E-state index < -0.39 is 0 Å². The van der Waals surface area contributed by atoms with Gasteiger partial charge in [0.05, 0.1) is 6.33 Å². The number of aromatic amines is 1. The summed E-state index contributed by atoms with van der Waals surface area (Å²) in [5.41, 5.74) is 3.24. The van der Waals surface area contributed by atoms with Gasteiger partial charge in [0.25, 0.3) is 0 Å². The van der Waals surface area contributed by atoms with E-state index in [2.05, 4.69) is 23.8 Å². The van der Waals surface area contributed by atoms with Crippen LogP contribution in [0, 0.1) is 11.6 Å². The van der Waals surface area contributed by atoms with Gasteiger partial charge in [0, 0.05) is 11.9 Å². The van der Waals surface area contributed by atoms with E-state index in [0.717, 1.165) is 11.1 Å². The highest BCUT2D eigenvalue weighted by Crippen LogP contribution is 2.21. The van der Waals surface area contributed by atoms with Gasteiger partial charge < -0.3 is 4.98 Å². The van der Waals surface area contributed by atoms with E-state index in [1.54, 1.807) is 30.6 Å². The van der Waals surface area contributed by atoms with Crippen LogP contribution in [0.15, 0.2) is 61.1 Å². The summed E-state index contributed by atoms with van der Waals surface area (Å²) in [6.07, 6.45) is 3.56. The van der Waals surface area contributed by atoms with Crippen LogP contribution < -0.4 is 0 Å². The lowest BCUT2D eigenvalue weighted by atomic mass is 9.76. The van der Waals surface area contributed by atoms with Gasteiger partial charge in [-0.3, -0.25) is 0 Å². The molecule has 3 rings (SSSR count). The first kappa shape index (κ1) is 17.9. The lowest BCUT2D eigenvalue weighted by Gasteiger charge is -2.12. The van der Waals surface area contributed by atoms with Crippen molar-refractivity contribution in [2.45, 2.75) is 25.6 Å². The van der Waals surface area contributed by atoms with Gasteiger partial charge in [0.1, 0.15) is 19.5 Å². The number of H-pyrrole nitrogens is 1. The number of benzene rings is 2. The third kappa shape index (κ3) is 5.05. The molecule has 0 spiro atoms. The zero-order valence-electron chi connectivity index (χ0n) is 14.1. The van der Waals surface area contributed by atoms with Crippen molar-refractivity contribution in [3.05, 3.63) is 89.5 Å². The summed E-state index contributed by atoms with van der Waals surface area (Å²) in [5.74, 6) is 0.226. The Balaban J connectivity index is 0.000000219. The number of hydrogen-bond acceptors (Lipinski definition) is 1.